The van der Waals surface area contributed by atoms with E-state index in [1.807, 2.05) is 6.26 Å². The monoisotopic (exact) mass is 531 g/mol. The minimum absolute atomic E-state index is 0.0790. The van der Waals surface area contributed by atoms with Gasteiger partial charge in [-0.3, -0.25) is 9.59 Å². The van der Waals surface area contributed by atoms with Crippen LogP contribution in [0.1, 0.15) is 22.3 Å². The minimum atomic E-state index is -3.61. The van der Waals surface area contributed by atoms with Gasteiger partial charge in [-0.25, -0.2) is 8.42 Å². The fourth-order valence-corrected chi connectivity index (χ4v) is 5.29. The summed E-state index contributed by atoms with van der Waals surface area (Å²) >= 11 is 1.61. The third-order valence-corrected chi connectivity index (χ3v) is 7.86. The molecular weight excluding hydrogens is 498 g/mol. The molecular formula is C26H33N3O5S2. The number of rotatable bonds is 12. The maximum Gasteiger partial charge on any atom is 0.237 e. The van der Waals surface area contributed by atoms with Gasteiger partial charge in [-0.05, 0) is 42.5 Å². The summed E-state index contributed by atoms with van der Waals surface area (Å²) in [5.74, 6) is 0.292. The van der Waals surface area contributed by atoms with Gasteiger partial charge >= 0.3 is 0 Å². The number of morpholine rings is 1. The Hall–Kier alpha value is -2.50. The third-order valence-electron chi connectivity index (χ3n) is 5.77. The summed E-state index contributed by atoms with van der Waals surface area (Å²) in [4.78, 5) is 25.6. The molecule has 36 heavy (non-hydrogen) atoms. The number of sulfone groups is 1. The molecule has 0 spiro atoms. The van der Waals surface area contributed by atoms with Crippen LogP contribution in [-0.2, 0) is 25.8 Å². The number of nitrogens with one attached hydrogen (secondary N) is 2. The normalized spacial score (nSPS) is 18.0. The molecule has 0 aliphatic carbocycles. The lowest BCUT2D eigenvalue weighted by Gasteiger charge is -2.22. The molecule has 0 bridgehead atoms. The second kappa shape index (κ2) is 13.7. The molecule has 1 heterocycles. The summed E-state index contributed by atoms with van der Waals surface area (Å²) in [5, 5.41) is 7.14. The molecule has 0 radical (unpaired) electrons. The van der Waals surface area contributed by atoms with Crippen LogP contribution in [0.25, 0.3) is 0 Å². The van der Waals surface area contributed by atoms with Crippen molar-refractivity contribution >= 4 is 33.3 Å². The van der Waals surface area contributed by atoms with Gasteiger partial charge < -0.3 is 21.1 Å². The molecule has 10 heteroatoms. The molecule has 3 rings (SSSR count). The van der Waals surface area contributed by atoms with E-state index in [1.54, 1.807) is 54.2 Å². The average molecular weight is 532 g/mol. The van der Waals surface area contributed by atoms with Crippen LogP contribution < -0.4 is 16.4 Å². The zero-order valence-electron chi connectivity index (χ0n) is 20.3. The first-order chi connectivity index (χ1) is 17.3. The van der Waals surface area contributed by atoms with E-state index in [1.165, 1.54) is 18.2 Å². The maximum absolute atomic E-state index is 12.8. The highest BCUT2D eigenvalue weighted by molar-refractivity contribution is 7.98. The molecule has 1 saturated heterocycles. The third kappa shape index (κ3) is 8.28. The molecule has 194 valence electrons. The van der Waals surface area contributed by atoms with E-state index in [0.717, 1.165) is 23.3 Å². The molecule has 0 saturated carbocycles. The minimum Gasteiger partial charge on any atom is -0.367 e. The second-order valence-corrected chi connectivity index (χ2v) is 11.3. The van der Waals surface area contributed by atoms with Crippen LogP contribution in [0.4, 0.5) is 0 Å². The Kier molecular flexibility index (Phi) is 10.7. The van der Waals surface area contributed by atoms with Crippen molar-refractivity contribution in [1.29, 1.82) is 0 Å². The van der Waals surface area contributed by atoms with Crippen LogP contribution in [0.2, 0.25) is 0 Å². The van der Waals surface area contributed by atoms with Crippen LogP contribution in [-0.4, -0.2) is 70.0 Å². The largest absolute Gasteiger partial charge is 0.367 e. The summed E-state index contributed by atoms with van der Waals surface area (Å²) in [5.41, 5.74) is 7.53. The second-order valence-electron chi connectivity index (χ2n) is 8.52. The van der Waals surface area contributed by atoms with Gasteiger partial charge in [0.05, 0.1) is 17.5 Å². The predicted octanol–water partition coefficient (Wildman–Crippen LogP) is 1.95. The van der Waals surface area contributed by atoms with Crippen LogP contribution in [0.5, 0.6) is 0 Å². The van der Waals surface area contributed by atoms with Gasteiger partial charge in [-0.2, -0.15) is 11.8 Å². The van der Waals surface area contributed by atoms with Crippen molar-refractivity contribution < 1.29 is 22.7 Å². The SMILES string of the molecule is CSCC[C@@H](C=CS(=O)(=O)c1ccccc1)NC(=O)[C@@H](N)Cc1ccc(C(=O)C2CNCCO2)cc1. The number of thioether (sulfide) groups is 1. The Labute approximate surface area is 217 Å². The molecule has 3 atom stereocenters. The number of carbonyl (C=O) groups is 2. The molecule has 1 amide bonds. The number of ether oxygens (including phenoxy) is 1. The number of hydrogen-bond donors (Lipinski definition) is 3. The van der Waals surface area contributed by atoms with Gasteiger partial charge in [0.1, 0.15) is 6.10 Å². The number of carbonyl (C=O) groups excluding carboxylic acids is 2. The van der Waals surface area contributed by atoms with E-state index in [2.05, 4.69) is 10.6 Å². The fourth-order valence-electron chi connectivity index (χ4n) is 3.71. The van der Waals surface area contributed by atoms with Crippen LogP contribution in [0.3, 0.4) is 0 Å². The number of benzene rings is 2. The standard InChI is InChI=1S/C26H33N3O5S2/c1-35-15-11-21(12-16-36(32,33)22-5-3-2-4-6-22)29-26(31)23(27)17-19-7-9-20(10-8-19)25(30)24-18-28-13-14-34-24/h2-10,12,16,21,23-24,28H,11,13-15,17-18,27H2,1H3,(H,29,31)/t21-,23-,24?/m0/s1. The van der Waals surface area contributed by atoms with Crippen LogP contribution >= 0.6 is 11.8 Å². The number of ketones is 1. The molecule has 2 aromatic rings. The molecule has 1 aliphatic heterocycles. The number of hydrogen-bond acceptors (Lipinski definition) is 8. The topological polar surface area (TPSA) is 128 Å². The van der Waals surface area contributed by atoms with Crippen molar-refractivity contribution in [1.82, 2.24) is 10.6 Å². The van der Waals surface area contributed by atoms with Crippen molar-refractivity contribution in [3.05, 3.63) is 77.2 Å². The first kappa shape index (κ1) is 28.1. The van der Waals surface area contributed by atoms with E-state index in [9.17, 15) is 18.0 Å². The Morgan fingerprint density at radius 3 is 2.56 bits per heavy atom. The summed E-state index contributed by atoms with van der Waals surface area (Å²) < 4.78 is 30.7. The zero-order valence-corrected chi connectivity index (χ0v) is 21.9. The maximum atomic E-state index is 12.8. The Morgan fingerprint density at radius 2 is 1.92 bits per heavy atom. The quantitative estimate of drug-likeness (QED) is 0.355. The number of nitrogens with two attached hydrogens (primary N) is 1. The van der Waals surface area contributed by atoms with Gasteiger partial charge in [0, 0.05) is 30.1 Å². The van der Waals surface area contributed by atoms with E-state index >= 15 is 0 Å². The fraction of sp³-hybridized carbons (Fsp3) is 0.385. The first-order valence-electron chi connectivity index (χ1n) is 11.8. The summed E-state index contributed by atoms with van der Waals surface area (Å²) in [6, 6.07) is 13.9. The lowest BCUT2D eigenvalue weighted by atomic mass is 10.00. The van der Waals surface area contributed by atoms with Gasteiger partial charge in [-0.15, -0.1) is 0 Å². The van der Waals surface area contributed by atoms with Gasteiger partial charge in [0.2, 0.25) is 5.91 Å². The Morgan fingerprint density at radius 1 is 1.19 bits per heavy atom. The Balaban J connectivity index is 1.59. The lowest BCUT2D eigenvalue weighted by Crippen LogP contribution is -2.46. The summed E-state index contributed by atoms with van der Waals surface area (Å²) in [6.07, 6.45) is 3.81. The van der Waals surface area contributed by atoms with Gasteiger partial charge in [0.15, 0.2) is 15.6 Å². The number of amides is 1. The summed E-state index contributed by atoms with van der Waals surface area (Å²) in [6.45, 7) is 1.73. The first-order valence-corrected chi connectivity index (χ1v) is 14.7. The molecule has 2 aromatic carbocycles. The van der Waals surface area contributed by atoms with Crippen molar-refractivity contribution in [3.8, 4) is 0 Å². The highest BCUT2D eigenvalue weighted by Gasteiger charge is 2.23. The van der Waals surface area contributed by atoms with Gasteiger partial charge in [0.25, 0.3) is 0 Å². The number of Topliss-reactive ketones (excluding diaryl/α,β-unsaturated/α-hetero) is 1. The molecule has 1 unspecified atom stereocenters. The van der Waals surface area contributed by atoms with Crippen molar-refractivity contribution in [2.75, 3.05) is 31.7 Å². The van der Waals surface area contributed by atoms with E-state index in [4.69, 9.17) is 10.5 Å². The molecule has 8 nitrogen and oxygen atoms in total. The average Bonchev–Trinajstić information content (AvgIpc) is 2.91. The zero-order chi connectivity index (χ0) is 26.0. The highest BCUT2D eigenvalue weighted by atomic mass is 32.2. The molecule has 1 fully saturated rings. The smallest absolute Gasteiger partial charge is 0.237 e. The summed E-state index contributed by atoms with van der Waals surface area (Å²) in [7, 11) is -3.61. The van der Waals surface area contributed by atoms with Crippen LogP contribution in [0, 0.1) is 0 Å². The van der Waals surface area contributed by atoms with Gasteiger partial charge in [-0.1, -0.05) is 48.5 Å². The van der Waals surface area contributed by atoms with E-state index in [0.29, 0.717) is 25.1 Å². The highest BCUT2D eigenvalue weighted by Crippen LogP contribution is 2.14. The molecule has 1 aliphatic rings. The van der Waals surface area contributed by atoms with E-state index in [-0.39, 0.29) is 23.0 Å². The van der Waals surface area contributed by atoms with Crippen molar-refractivity contribution in [2.24, 2.45) is 5.73 Å². The van der Waals surface area contributed by atoms with Crippen molar-refractivity contribution in [3.63, 3.8) is 0 Å². The molecule has 4 N–H and O–H groups in total. The van der Waals surface area contributed by atoms with Crippen LogP contribution in [0.15, 0.2) is 71.0 Å². The Bertz CT molecular complexity index is 1130. The van der Waals surface area contributed by atoms with Crippen molar-refractivity contribution in [2.45, 2.75) is 35.9 Å². The molecule has 0 aromatic heterocycles. The lowest BCUT2D eigenvalue weighted by molar-refractivity contribution is -0.122. The van der Waals surface area contributed by atoms with E-state index < -0.39 is 28.0 Å². The predicted molar refractivity (Wildman–Crippen MR) is 143 cm³/mol.